The monoisotopic (exact) mass is 355 g/mol. The number of nitrogens with one attached hydrogen (secondary N) is 2. The second kappa shape index (κ2) is 7.56. The van der Waals surface area contributed by atoms with Gasteiger partial charge >= 0.3 is 0 Å². The van der Waals surface area contributed by atoms with Crippen molar-refractivity contribution in [1.29, 1.82) is 0 Å². The molecule has 0 aromatic carbocycles. The minimum Gasteiger partial charge on any atom is -0.370 e. The Morgan fingerprint density at radius 1 is 1.25 bits per heavy atom. The predicted octanol–water partition coefficient (Wildman–Crippen LogP) is 3.19. The summed E-state index contributed by atoms with van der Waals surface area (Å²) in [7, 11) is 0. The highest BCUT2D eigenvalue weighted by atomic mass is 79.9. The molecule has 0 saturated carbocycles. The zero-order valence-corrected chi connectivity index (χ0v) is 13.7. The zero-order chi connectivity index (χ0) is 14.4. The number of rotatable bonds is 7. The van der Waals surface area contributed by atoms with Crippen LogP contribution in [-0.2, 0) is 12.8 Å². The van der Waals surface area contributed by atoms with Crippen molar-refractivity contribution < 1.29 is 0 Å². The molecule has 108 valence electrons. The minimum absolute atomic E-state index is 0.643. The molecule has 2 rings (SSSR count). The second-order valence-corrected chi connectivity index (χ2v) is 6.88. The van der Waals surface area contributed by atoms with E-state index in [0.29, 0.717) is 5.82 Å². The summed E-state index contributed by atoms with van der Waals surface area (Å²) in [5.41, 5.74) is 2.58. The summed E-state index contributed by atoms with van der Waals surface area (Å²) in [4.78, 5) is 10.1. The lowest BCUT2D eigenvalue weighted by Gasteiger charge is -2.09. The maximum absolute atomic E-state index is 5.43. The number of nitrogens with two attached hydrogens (primary N) is 1. The van der Waals surface area contributed by atoms with E-state index in [1.165, 1.54) is 4.88 Å². The maximum Gasteiger partial charge on any atom is 0.145 e. The van der Waals surface area contributed by atoms with E-state index in [9.17, 15) is 0 Å². The smallest absolute Gasteiger partial charge is 0.145 e. The Bertz CT molecular complexity index is 557. The Balaban J connectivity index is 1.95. The van der Waals surface area contributed by atoms with Gasteiger partial charge in [-0.1, -0.05) is 6.92 Å². The number of halogens is 1. The van der Waals surface area contributed by atoms with Crippen LogP contribution < -0.4 is 16.6 Å². The van der Waals surface area contributed by atoms with E-state index in [2.05, 4.69) is 55.7 Å². The van der Waals surface area contributed by atoms with E-state index in [1.54, 1.807) is 11.3 Å². The molecule has 2 heterocycles. The lowest BCUT2D eigenvalue weighted by Crippen LogP contribution is -2.13. The minimum atomic E-state index is 0.643. The molecule has 0 aliphatic heterocycles. The molecule has 0 bridgehead atoms. The van der Waals surface area contributed by atoms with E-state index in [-0.39, 0.29) is 0 Å². The van der Waals surface area contributed by atoms with Crippen molar-refractivity contribution >= 4 is 38.9 Å². The highest BCUT2D eigenvalue weighted by Gasteiger charge is 2.04. The van der Waals surface area contributed by atoms with Crippen molar-refractivity contribution in [2.45, 2.75) is 26.2 Å². The number of anilines is 2. The van der Waals surface area contributed by atoms with Gasteiger partial charge in [-0.2, -0.15) is 0 Å². The van der Waals surface area contributed by atoms with Gasteiger partial charge in [0.05, 0.1) is 3.79 Å². The number of nitrogens with zero attached hydrogens (tertiary/aromatic N) is 2. The molecular formula is C13H18BrN5S. The third kappa shape index (κ3) is 4.43. The van der Waals surface area contributed by atoms with Gasteiger partial charge in [-0.05, 0) is 40.9 Å². The van der Waals surface area contributed by atoms with Gasteiger partial charge in [-0.3, -0.25) is 0 Å². The van der Waals surface area contributed by atoms with E-state index in [0.717, 1.165) is 41.2 Å². The molecule has 7 heteroatoms. The van der Waals surface area contributed by atoms with Crippen LogP contribution in [0.2, 0.25) is 0 Å². The molecule has 4 N–H and O–H groups in total. The van der Waals surface area contributed by atoms with Crippen molar-refractivity contribution in [3.05, 3.63) is 32.7 Å². The predicted molar refractivity (Wildman–Crippen MR) is 88.0 cm³/mol. The molecule has 0 unspecified atom stereocenters. The summed E-state index contributed by atoms with van der Waals surface area (Å²) in [6.07, 6.45) is 2.83. The van der Waals surface area contributed by atoms with Crippen molar-refractivity contribution in [3.8, 4) is 0 Å². The van der Waals surface area contributed by atoms with Gasteiger partial charge in [0.15, 0.2) is 0 Å². The number of hydrogen-bond acceptors (Lipinski definition) is 6. The summed E-state index contributed by atoms with van der Waals surface area (Å²) in [6, 6.07) is 6.02. The number of nitrogen functional groups attached to an aromatic ring is 1. The fourth-order valence-corrected chi connectivity index (χ4v) is 3.28. The standard InChI is InChI=1S/C13H18BrN5S/c1-2-3-11-17-12(8-13(18-11)19-15)16-7-6-9-4-5-10(14)20-9/h4-5,8H,2-3,6-7,15H2,1H3,(H2,16,17,18,19). The third-order valence-corrected chi connectivity index (χ3v) is 4.38. The van der Waals surface area contributed by atoms with Crippen molar-refractivity contribution in [3.63, 3.8) is 0 Å². The molecule has 2 aromatic rings. The first kappa shape index (κ1) is 15.2. The first-order valence-corrected chi connectivity index (χ1v) is 8.15. The maximum atomic E-state index is 5.43. The van der Waals surface area contributed by atoms with Crippen LogP contribution in [0.3, 0.4) is 0 Å². The van der Waals surface area contributed by atoms with Gasteiger partial charge < -0.3 is 10.7 Å². The number of hydrogen-bond donors (Lipinski definition) is 3. The van der Waals surface area contributed by atoms with Crippen LogP contribution in [0.25, 0.3) is 0 Å². The van der Waals surface area contributed by atoms with Crippen LogP contribution >= 0.6 is 27.3 Å². The number of hydrazine groups is 1. The third-order valence-electron chi connectivity index (χ3n) is 2.70. The molecule has 0 radical (unpaired) electrons. The highest BCUT2D eigenvalue weighted by molar-refractivity contribution is 9.11. The average molecular weight is 356 g/mol. The van der Waals surface area contributed by atoms with Crippen LogP contribution in [0.5, 0.6) is 0 Å². The largest absolute Gasteiger partial charge is 0.370 e. The molecule has 0 spiro atoms. The van der Waals surface area contributed by atoms with Gasteiger partial charge in [0.1, 0.15) is 17.5 Å². The summed E-state index contributed by atoms with van der Waals surface area (Å²) >= 11 is 5.22. The van der Waals surface area contributed by atoms with Crippen LogP contribution in [0, 0.1) is 0 Å². The second-order valence-electron chi connectivity index (χ2n) is 4.33. The number of aryl methyl sites for hydroxylation is 1. The quantitative estimate of drug-likeness (QED) is 0.525. The van der Waals surface area contributed by atoms with E-state index >= 15 is 0 Å². The molecule has 5 nitrogen and oxygen atoms in total. The Kier molecular flexibility index (Phi) is 5.75. The van der Waals surface area contributed by atoms with E-state index < -0.39 is 0 Å². The molecule has 0 amide bonds. The SMILES string of the molecule is CCCc1nc(NN)cc(NCCc2ccc(Br)s2)n1. The molecule has 0 atom stereocenters. The van der Waals surface area contributed by atoms with Crippen molar-refractivity contribution in [2.24, 2.45) is 5.84 Å². The average Bonchev–Trinajstić information content (AvgIpc) is 2.84. The van der Waals surface area contributed by atoms with Gasteiger partial charge in [-0.25, -0.2) is 15.8 Å². The van der Waals surface area contributed by atoms with Crippen LogP contribution in [-0.4, -0.2) is 16.5 Å². The Morgan fingerprint density at radius 2 is 2.05 bits per heavy atom. The van der Waals surface area contributed by atoms with E-state index in [1.807, 2.05) is 6.07 Å². The molecule has 0 saturated heterocycles. The summed E-state index contributed by atoms with van der Waals surface area (Å²) in [5.74, 6) is 7.70. The lowest BCUT2D eigenvalue weighted by atomic mass is 10.3. The Hall–Kier alpha value is -1.18. The summed E-state index contributed by atoms with van der Waals surface area (Å²) in [5, 5.41) is 3.32. The number of thiophene rings is 1. The molecular weight excluding hydrogens is 338 g/mol. The molecule has 0 aliphatic rings. The van der Waals surface area contributed by atoms with E-state index in [4.69, 9.17) is 5.84 Å². The Labute approximate surface area is 131 Å². The highest BCUT2D eigenvalue weighted by Crippen LogP contribution is 2.22. The van der Waals surface area contributed by atoms with Gasteiger partial charge in [0.25, 0.3) is 0 Å². The van der Waals surface area contributed by atoms with Crippen molar-refractivity contribution in [1.82, 2.24) is 9.97 Å². The molecule has 0 fully saturated rings. The fraction of sp³-hybridized carbons (Fsp3) is 0.385. The van der Waals surface area contributed by atoms with Crippen LogP contribution in [0.1, 0.15) is 24.0 Å². The fourth-order valence-electron chi connectivity index (χ4n) is 1.80. The van der Waals surface area contributed by atoms with Gasteiger partial charge in [0, 0.05) is 23.9 Å². The Morgan fingerprint density at radius 3 is 2.70 bits per heavy atom. The lowest BCUT2D eigenvalue weighted by molar-refractivity contribution is 0.833. The first-order valence-electron chi connectivity index (χ1n) is 6.54. The number of aromatic nitrogens is 2. The zero-order valence-electron chi connectivity index (χ0n) is 11.3. The van der Waals surface area contributed by atoms with Gasteiger partial charge in [0.2, 0.25) is 0 Å². The normalized spacial score (nSPS) is 10.6. The molecule has 20 heavy (non-hydrogen) atoms. The topological polar surface area (TPSA) is 75.9 Å². The first-order chi connectivity index (χ1) is 9.71. The van der Waals surface area contributed by atoms with Crippen molar-refractivity contribution in [2.75, 3.05) is 17.3 Å². The molecule has 2 aromatic heterocycles. The van der Waals surface area contributed by atoms with Crippen LogP contribution in [0.15, 0.2) is 22.0 Å². The summed E-state index contributed by atoms with van der Waals surface area (Å²) < 4.78 is 1.16. The molecule has 0 aliphatic carbocycles. The van der Waals surface area contributed by atoms with Crippen LogP contribution in [0.4, 0.5) is 11.6 Å². The van der Waals surface area contributed by atoms with Gasteiger partial charge in [-0.15, -0.1) is 11.3 Å². The summed E-state index contributed by atoms with van der Waals surface area (Å²) in [6.45, 7) is 2.94.